The number of rotatable bonds is 9. The van der Waals surface area contributed by atoms with E-state index in [4.69, 9.17) is 8.23 Å². The van der Waals surface area contributed by atoms with Crippen molar-refractivity contribution in [3.05, 3.63) is 60.7 Å². The fourth-order valence-electron chi connectivity index (χ4n) is 2.55. The minimum atomic E-state index is -3.13. The van der Waals surface area contributed by atoms with E-state index in [1.807, 2.05) is 67.2 Å². The molecule has 5 nitrogen and oxygen atoms in total. The highest BCUT2D eigenvalue weighted by Crippen LogP contribution is 2.16. The highest BCUT2D eigenvalue weighted by Gasteiger charge is 2.49. The van der Waals surface area contributed by atoms with Crippen molar-refractivity contribution in [1.82, 2.24) is 0 Å². The first-order chi connectivity index (χ1) is 11.7. The number of hydrogen-bond acceptors (Lipinski definition) is 5. The molecule has 0 saturated carbocycles. The second-order valence-corrected chi connectivity index (χ2v) is 13.8. The molecule has 2 aromatic rings. The van der Waals surface area contributed by atoms with Gasteiger partial charge in [-0.2, -0.15) is 0 Å². The maximum Gasteiger partial charge on any atom is 0.386 e. The Balaban J connectivity index is 2.63. The molecule has 2 aromatic carbocycles. The van der Waals surface area contributed by atoms with Crippen LogP contribution < -0.4 is 10.4 Å². The molecule has 0 saturated heterocycles. The second kappa shape index (κ2) is 8.83. The third-order valence-electron chi connectivity index (χ3n) is 3.88. The Morgan fingerprint density at radius 3 is 1.54 bits per heavy atom. The van der Waals surface area contributed by atoms with Crippen LogP contribution in [0, 0.1) is 0 Å². The lowest BCUT2D eigenvalue weighted by molar-refractivity contribution is 0.238. The van der Waals surface area contributed by atoms with Gasteiger partial charge in [-0.3, -0.25) is 0 Å². The van der Waals surface area contributed by atoms with Crippen LogP contribution in [0.1, 0.15) is 0 Å². The van der Waals surface area contributed by atoms with Gasteiger partial charge in [0.1, 0.15) is 9.76 Å². The first kappa shape index (κ1) is 19.2. The molecule has 0 aliphatic carbocycles. The molecule has 0 spiro atoms. The van der Waals surface area contributed by atoms with Gasteiger partial charge >= 0.3 is 8.56 Å². The summed E-state index contributed by atoms with van der Waals surface area (Å²) in [4.78, 5) is 0. The fourth-order valence-corrected chi connectivity index (χ4v) is 12.3. The number of benzene rings is 2. The highest BCUT2D eigenvalue weighted by molar-refractivity contribution is 7.00. The molecular formula is C16H24O5Si3. The predicted molar refractivity (Wildman–Crippen MR) is 101 cm³/mol. The van der Waals surface area contributed by atoms with Crippen molar-refractivity contribution in [2.75, 3.05) is 18.7 Å². The molecule has 0 amide bonds. The first-order valence-electron chi connectivity index (χ1n) is 7.94. The Morgan fingerprint density at radius 1 is 0.792 bits per heavy atom. The van der Waals surface area contributed by atoms with Gasteiger partial charge in [-0.15, -0.1) is 0 Å². The summed E-state index contributed by atoms with van der Waals surface area (Å²) in [6.45, 7) is 2.02. The van der Waals surface area contributed by atoms with E-state index < -0.39 is 26.6 Å². The van der Waals surface area contributed by atoms with Crippen molar-refractivity contribution in [3.8, 4) is 0 Å². The predicted octanol–water partition coefficient (Wildman–Crippen LogP) is -1.05. The van der Waals surface area contributed by atoms with Gasteiger partial charge in [-0.25, -0.2) is 0 Å². The summed E-state index contributed by atoms with van der Waals surface area (Å²) in [6, 6.07) is 19.3. The van der Waals surface area contributed by atoms with Crippen LogP contribution in [0.5, 0.6) is 0 Å². The summed E-state index contributed by atoms with van der Waals surface area (Å²) >= 11 is 0. The molecule has 0 heterocycles. The Hall–Kier alpha value is -1.11. The normalized spacial score (nSPS) is 12.8. The van der Waals surface area contributed by atoms with E-state index in [2.05, 4.69) is 0 Å². The number of hydrogen-bond donors (Lipinski definition) is 3. The monoisotopic (exact) mass is 380 g/mol. The second-order valence-electron chi connectivity index (χ2n) is 5.54. The van der Waals surface area contributed by atoms with Crippen LogP contribution >= 0.6 is 0 Å². The highest BCUT2D eigenvalue weighted by atomic mass is 28.5. The van der Waals surface area contributed by atoms with Crippen molar-refractivity contribution in [2.45, 2.75) is 6.55 Å². The average molecular weight is 381 g/mol. The van der Waals surface area contributed by atoms with Crippen molar-refractivity contribution in [2.24, 2.45) is 0 Å². The molecular weight excluding hydrogens is 356 g/mol. The maximum absolute atomic E-state index is 9.80. The van der Waals surface area contributed by atoms with Gasteiger partial charge in [0.05, 0.1) is 18.7 Å². The van der Waals surface area contributed by atoms with Crippen LogP contribution in [-0.4, -0.2) is 60.7 Å². The van der Waals surface area contributed by atoms with Crippen molar-refractivity contribution >= 4 is 37.0 Å². The summed E-state index contributed by atoms with van der Waals surface area (Å²) in [5.41, 5.74) is 0. The van der Waals surface area contributed by atoms with Gasteiger partial charge < -0.3 is 23.5 Å². The van der Waals surface area contributed by atoms with Gasteiger partial charge in [0.15, 0.2) is 0 Å². The molecule has 8 heteroatoms. The molecule has 0 aliphatic heterocycles. The Kier molecular flexibility index (Phi) is 7.07. The van der Waals surface area contributed by atoms with E-state index in [-0.39, 0.29) is 18.7 Å². The van der Waals surface area contributed by atoms with E-state index in [9.17, 15) is 15.3 Å². The lowest BCUT2D eigenvalue weighted by Crippen LogP contribution is -2.71. The molecule has 0 atom stereocenters. The largest absolute Gasteiger partial charge is 0.436 e. The quantitative estimate of drug-likeness (QED) is 0.484. The van der Waals surface area contributed by atoms with Crippen LogP contribution in [0.25, 0.3) is 0 Å². The van der Waals surface area contributed by atoms with Gasteiger partial charge in [0, 0.05) is 0 Å². The smallest absolute Gasteiger partial charge is 0.386 e. The molecule has 0 radical (unpaired) electrons. The molecule has 0 unspecified atom stereocenters. The topological polar surface area (TPSA) is 79.2 Å². The van der Waals surface area contributed by atoms with E-state index in [0.29, 0.717) is 0 Å². The summed E-state index contributed by atoms with van der Waals surface area (Å²) in [5, 5.41) is 31.2. The standard InChI is InChI=1S/C16H24O5Si3/c1-22-20-24(15-8-4-2-5-9-15,16-10-6-3-7-11-16)21-23(12-17,13-18)14-19/h2-11,17-19H,12-14,22H2,1H3. The van der Waals surface area contributed by atoms with E-state index in [1.54, 1.807) is 0 Å². The van der Waals surface area contributed by atoms with E-state index >= 15 is 0 Å². The molecule has 130 valence electrons. The molecule has 3 N–H and O–H groups in total. The molecule has 0 fully saturated rings. The van der Waals surface area contributed by atoms with Crippen LogP contribution in [0.2, 0.25) is 6.55 Å². The molecule has 0 aliphatic rings. The van der Waals surface area contributed by atoms with Gasteiger partial charge in [-0.1, -0.05) is 67.2 Å². The summed E-state index contributed by atoms with van der Waals surface area (Å²) < 4.78 is 12.7. The zero-order valence-corrected chi connectivity index (χ0v) is 17.2. The van der Waals surface area contributed by atoms with Crippen molar-refractivity contribution < 1.29 is 23.5 Å². The zero-order chi connectivity index (χ0) is 17.5. The zero-order valence-electron chi connectivity index (χ0n) is 13.8. The molecule has 0 bridgehead atoms. The average Bonchev–Trinajstić information content (AvgIpc) is 2.67. The lowest BCUT2D eigenvalue weighted by atomic mass is 10.4. The third-order valence-corrected chi connectivity index (χ3v) is 13.5. The van der Waals surface area contributed by atoms with E-state index in [1.165, 1.54) is 0 Å². The van der Waals surface area contributed by atoms with Crippen molar-refractivity contribution in [3.63, 3.8) is 0 Å². The fraction of sp³-hybridized carbons (Fsp3) is 0.250. The third kappa shape index (κ3) is 3.92. The first-order valence-corrected chi connectivity index (χ1v) is 14.3. The minimum Gasteiger partial charge on any atom is -0.436 e. The molecule has 2 rings (SSSR count). The van der Waals surface area contributed by atoms with Gasteiger partial charge in [0.2, 0.25) is 0 Å². The summed E-state index contributed by atoms with van der Waals surface area (Å²) in [6.07, 6.45) is -1.07. The van der Waals surface area contributed by atoms with Crippen LogP contribution in [0.3, 0.4) is 0 Å². The Labute approximate surface area is 146 Å². The van der Waals surface area contributed by atoms with Crippen molar-refractivity contribution in [1.29, 1.82) is 0 Å². The van der Waals surface area contributed by atoms with Crippen LogP contribution in [0.15, 0.2) is 60.7 Å². The maximum atomic E-state index is 9.80. The number of aliphatic hydroxyl groups excluding tert-OH is 3. The van der Waals surface area contributed by atoms with Crippen LogP contribution in [-0.2, 0) is 8.23 Å². The Morgan fingerprint density at radius 2 is 1.21 bits per heavy atom. The SMILES string of the molecule is C[SiH2]O[Si](O[Si](CO)(CO)CO)(c1ccccc1)c1ccccc1. The molecule has 0 aromatic heterocycles. The Bertz CT molecular complexity index is 560. The van der Waals surface area contributed by atoms with E-state index in [0.717, 1.165) is 10.4 Å². The van der Waals surface area contributed by atoms with Gasteiger partial charge in [-0.05, 0) is 10.4 Å². The van der Waals surface area contributed by atoms with Gasteiger partial charge in [0.25, 0.3) is 8.32 Å². The summed E-state index contributed by atoms with van der Waals surface area (Å²) in [7, 11) is -7.09. The minimum absolute atomic E-state index is 0.358. The number of aliphatic hydroxyl groups is 3. The molecule has 24 heavy (non-hydrogen) atoms. The van der Waals surface area contributed by atoms with Crippen LogP contribution in [0.4, 0.5) is 0 Å². The lowest BCUT2D eigenvalue weighted by Gasteiger charge is -2.39. The summed E-state index contributed by atoms with van der Waals surface area (Å²) in [5.74, 6) is 0.